The van der Waals surface area contributed by atoms with E-state index in [1.807, 2.05) is 24.3 Å². The van der Waals surface area contributed by atoms with Crippen LogP contribution in [0.15, 0.2) is 40.6 Å². The van der Waals surface area contributed by atoms with E-state index in [0.717, 1.165) is 30.1 Å². The highest BCUT2D eigenvalue weighted by Crippen LogP contribution is 2.31. The minimum atomic E-state index is -3.11. The molecule has 0 saturated carbocycles. The number of hydrogen-bond donors (Lipinski definition) is 1. The highest BCUT2D eigenvalue weighted by Gasteiger charge is 2.19. The summed E-state index contributed by atoms with van der Waals surface area (Å²) in [6, 6.07) is 11.9. The molecule has 0 amide bonds. The Bertz CT molecular complexity index is 752. The third-order valence-corrected chi connectivity index (χ3v) is 6.62. The second-order valence-corrected chi connectivity index (χ2v) is 8.87. The summed E-state index contributed by atoms with van der Waals surface area (Å²) in [7, 11) is -3.11. The Kier molecular flexibility index (Phi) is 4.52. The Hall–Kier alpha value is -1.37. The Morgan fingerprint density at radius 3 is 2.86 bits per heavy atom. The molecule has 2 aromatic rings. The molecule has 1 N–H and O–H groups in total. The second-order valence-electron chi connectivity index (χ2n) is 5.45. The zero-order chi connectivity index (χ0) is 15.6. The predicted molar refractivity (Wildman–Crippen MR) is 88.2 cm³/mol. The van der Waals surface area contributed by atoms with Crippen LogP contribution in [-0.2, 0) is 16.4 Å². The van der Waals surface area contributed by atoms with Gasteiger partial charge in [0.25, 0.3) is 0 Å². The highest BCUT2D eigenvalue weighted by molar-refractivity contribution is 7.92. The zero-order valence-corrected chi connectivity index (χ0v) is 14.0. The number of nitrogens with one attached hydrogen (secondary N) is 1. The summed E-state index contributed by atoms with van der Waals surface area (Å²) in [6.07, 6.45) is 3.27. The summed E-state index contributed by atoms with van der Waals surface area (Å²) in [5.41, 5.74) is 1.18. The molecule has 0 unspecified atom stereocenters. The van der Waals surface area contributed by atoms with E-state index in [0.29, 0.717) is 10.8 Å². The van der Waals surface area contributed by atoms with Crippen LogP contribution >= 0.6 is 11.3 Å². The lowest BCUT2D eigenvalue weighted by Gasteiger charge is -2.17. The van der Waals surface area contributed by atoms with E-state index in [2.05, 4.69) is 11.4 Å². The van der Waals surface area contributed by atoms with Crippen molar-refractivity contribution in [3.05, 3.63) is 46.8 Å². The molecule has 1 atom stereocenters. The van der Waals surface area contributed by atoms with Gasteiger partial charge in [0.05, 0.1) is 6.61 Å². The van der Waals surface area contributed by atoms with Gasteiger partial charge in [0.1, 0.15) is 9.96 Å². The van der Waals surface area contributed by atoms with Gasteiger partial charge in [-0.15, -0.1) is 11.3 Å². The van der Waals surface area contributed by atoms with E-state index in [-0.39, 0.29) is 6.04 Å². The van der Waals surface area contributed by atoms with E-state index in [1.165, 1.54) is 23.2 Å². The van der Waals surface area contributed by atoms with Crippen molar-refractivity contribution in [1.29, 1.82) is 0 Å². The highest BCUT2D eigenvalue weighted by atomic mass is 32.2. The summed E-state index contributed by atoms with van der Waals surface area (Å²) >= 11 is 1.33. The number of fused-ring (bicyclic) bond motifs is 1. The number of rotatable bonds is 4. The van der Waals surface area contributed by atoms with Crippen molar-refractivity contribution in [1.82, 2.24) is 5.32 Å². The van der Waals surface area contributed by atoms with Gasteiger partial charge in [-0.25, -0.2) is 8.42 Å². The molecule has 1 aromatic heterocycles. The molecule has 6 heteroatoms. The molecule has 1 aliphatic heterocycles. The molecular formula is C16H19NO3S2. The number of para-hydroxylation sites is 1. The molecule has 0 aliphatic carbocycles. The zero-order valence-electron chi connectivity index (χ0n) is 12.4. The van der Waals surface area contributed by atoms with E-state index < -0.39 is 9.84 Å². The van der Waals surface area contributed by atoms with Crippen molar-refractivity contribution < 1.29 is 13.2 Å². The minimum Gasteiger partial charge on any atom is -0.493 e. The smallest absolute Gasteiger partial charge is 0.184 e. The maximum atomic E-state index is 11.5. The van der Waals surface area contributed by atoms with Crippen LogP contribution in [0.25, 0.3) is 0 Å². The van der Waals surface area contributed by atoms with Gasteiger partial charge in [-0.1, -0.05) is 18.2 Å². The van der Waals surface area contributed by atoms with Crippen molar-refractivity contribution >= 4 is 21.2 Å². The Labute approximate surface area is 135 Å². The van der Waals surface area contributed by atoms with Crippen LogP contribution < -0.4 is 10.1 Å². The first-order chi connectivity index (χ1) is 10.5. The van der Waals surface area contributed by atoms with Crippen LogP contribution in [0.2, 0.25) is 0 Å². The molecule has 0 bridgehead atoms. The van der Waals surface area contributed by atoms with Gasteiger partial charge in [0.15, 0.2) is 9.84 Å². The lowest BCUT2D eigenvalue weighted by Crippen LogP contribution is -2.20. The molecule has 22 heavy (non-hydrogen) atoms. The van der Waals surface area contributed by atoms with Crippen LogP contribution in [0, 0.1) is 0 Å². The van der Waals surface area contributed by atoms with Gasteiger partial charge < -0.3 is 10.1 Å². The Morgan fingerprint density at radius 1 is 1.27 bits per heavy atom. The van der Waals surface area contributed by atoms with Gasteiger partial charge in [-0.3, -0.25) is 0 Å². The first-order valence-electron chi connectivity index (χ1n) is 7.28. The summed E-state index contributed by atoms with van der Waals surface area (Å²) in [4.78, 5) is 1.03. The van der Waals surface area contributed by atoms with E-state index in [9.17, 15) is 8.42 Å². The van der Waals surface area contributed by atoms with Gasteiger partial charge in [-0.2, -0.15) is 0 Å². The standard InChI is InChI=1S/C16H19NO3S2/c1-22(18,19)16-9-8-12(21-16)11-17-14-6-4-10-20-15-7-3-2-5-13(14)15/h2-3,5,7-9,14,17H,4,6,10-11H2,1H3/t14-/m1/s1. The first kappa shape index (κ1) is 15.5. The molecule has 4 nitrogen and oxygen atoms in total. The first-order valence-corrected chi connectivity index (χ1v) is 9.99. The van der Waals surface area contributed by atoms with E-state index in [1.54, 1.807) is 6.07 Å². The molecule has 0 saturated heterocycles. The SMILES string of the molecule is CS(=O)(=O)c1ccc(CN[C@@H]2CCCOc3ccccc32)s1. The summed E-state index contributed by atoms with van der Waals surface area (Å²) < 4.78 is 29.3. The molecule has 2 heterocycles. The van der Waals surface area contributed by atoms with Crippen molar-refractivity contribution in [3.63, 3.8) is 0 Å². The number of benzene rings is 1. The van der Waals surface area contributed by atoms with Crippen LogP contribution in [0.5, 0.6) is 5.75 Å². The van der Waals surface area contributed by atoms with Gasteiger partial charge >= 0.3 is 0 Å². The fourth-order valence-corrected chi connectivity index (χ4v) is 4.54. The van der Waals surface area contributed by atoms with Crippen LogP contribution in [0.1, 0.15) is 29.3 Å². The van der Waals surface area contributed by atoms with Crippen molar-refractivity contribution in [3.8, 4) is 5.75 Å². The normalized spacial score (nSPS) is 18.3. The lowest BCUT2D eigenvalue weighted by molar-refractivity contribution is 0.315. The van der Waals surface area contributed by atoms with Gasteiger partial charge in [-0.05, 0) is 31.0 Å². The van der Waals surface area contributed by atoms with E-state index >= 15 is 0 Å². The number of thiophene rings is 1. The summed E-state index contributed by atoms with van der Waals surface area (Å²) in [5.74, 6) is 0.945. The van der Waals surface area contributed by atoms with Crippen molar-refractivity contribution in [2.75, 3.05) is 12.9 Å². The van der Waals surface area contributed by atoms with Crippen molar-refractivity contribution in [2.45, 2.75) is 29.6 Å². The average molecular weight is 337 g/mol. The molecular weight excluding hydrogens is 318 g/mol. The van der Waals surface area contributed by atoms with Crippen molar-refractivity contribution in [2.24, 2.45) is 0 Å². The molecule has 118 valence electrons. The third kappa shape index (κ3) is 3.51. The number of hydrogen-bond acceptors (Lipinski definition) is 5. The summed E-state index contributed by atoms with van der Waals surface area (Å²) in [5, 5.41) is 3.53. The van der Waals surface area contributed by atoms with Gasteiger partial charge in [0, 0.05) is 29.3 Å². The maximum absolute atomic E-state index is 11.5. The Balaban J connectivity index is 1.72. The minimum absolute atomic E-state index is 0.238. The molecule has 0 radical (unpaired) electrons. The number of ether oxygens (including phenoxy) is 1. The lowest BCUT2D eigenvalue weighted by atomic mass is 10.0. The Morgan fingerprint density at radius 2 is 2.09 bits per heavy atom. The predicted octanol–water partition coefficient (Wildman–Crippen LogP) is 3.16. The molecule has 1 aromatic carbocycles. The molecule has 0 fully saturated rings. The maximum Gasteiger partial charge on any atom is 0.184 e. The summed E-state index contributed by atoms with van der Waals surface area (Å²) in [6.45, 7) is 1.41. The second kappa shape index (κ2) is 6.40. The third-order valence-electron chi connectivity index (χ3n) is 3.71. The monoisotopic (exact) mass is 337 g/mol. The molecule has 3 rings (SSSR count). The van der Waals surface area contributed by atoms with Crippen LogP contribution in [0.4, 0.5) is 0 Å². The van der Waals surface area contributed by atoms with E-state index in [4.69, 9.17) is 4.74 Å². The van der Waals surface area contributed by atoms with Crippen LogP contribution in [-0.4, -0.2) is 21.3 Å². The topological polar surface area (TPSA) is 55.4 Å². The average Bonchev–Trinajstić information content (AvgIpc) is 2.87. The fraction of sp³-hybridized carbons (Fsp3) is 0.375. The van der Waals surface area contributed by atoms with Crippen LogP contribution in [0.3, 0.4) is 0 Å². The quantitative estimate of drug-likeness (QED) is 0.931. The largest absolute Gasteiger partial charge is 0.493 e. The number of sulfone groups is 1. The molecule has 1 aliphatic rings. The fourth-order valence-electron chi connectivity index (χ4n) is 2.61. The molecule has 0 spiro atoms. The van der Waals surface area contributed by atoms with Gasteiger partial charge in [0.2, 0.25) is 0 Å².